The summed E-state index contributed by atoms with van der Waals surface area (Å²) in [5.74, 6) is 0.611. The second-order valence-electron chi connectivity index (χ2n) is 9.16. The first-order valence-electron chi connectivity index (χ1n) is 10.3. The Kier molecular flexibility index (Phi) is 8.10. The molecule has 1 aliphatic rings. The van der Waals surface area contributed by atoms with Crippen LogP contribution in [0, 0.1) is 0 Å². The summed E-state index contributed by atoms with van der Waals surface area (Å²) in [6.45, 7) is 15.3. The predicted octanol–water partition coefficient (Wildman–Crippen LogP) is 4.27. The molecule has 0 bridgehead atoms. The molecule has 1 aromatic carbocycles. The average Bonchev–Trinajstić information content (AvgIpc) is 2.63. The molecule has 28 heavy (non-hydrogen) atoms. The predicted molar refractivity (Wildman–Crippen MR) is 115 cm³/mol. The minimum absolute atomic E-state index is 0.227. The number of piperidine rings is 1. The van der Waals surface area contributed by atoms with Gasteiger partial charge in [0.25, 0.3) is 0 Å². The monoisotopic (exact) mass is 407 g/mol. The van der Waals surface area contributed by atoms with Gasteiger partial charge in [-0.15, -0.1) is 0 Å². The van der Waals surface area contributed by atoms with Crippen molar-refractivity contribution >= 4 is 14.3 Å². The van der Waals surface area contributed by atoms with Crippen LogP contribution in [-0.2, 0) is 20.4 Å². The van der Waals surface area contributed by atoms with Gasteiger partial charge in [0.15, 0.2) is 8.32 Å². The maximum absolute atomic E-state index is 11.3. The van der Waals surface area contributed by atoms with E-state index in [1.807, 2.05) is 24.3 Å². The van der Waals surface area contributed by atoms with Gasteiger partial charge in [-0.25, -0.2) is 0 Å². The van der Waals surface area contributed by atoms with E-state index in [1.165, 1.54) is 7.11 Å². The zero-order chi connectivity index (χ0) is 20.8. The highest BCUT2D eigenvalue weighted by molar-refractivity contribution is 6.74. The van der Waals surface area contributed by atoms with Crippen molar-refractivity contribution in [3.05, 3.63) is 29.8 Å². The molecule has 0 unspecified atom stereocenters. The summed E-state index contributed by atoms with van der Waals surface area (Å²) in [5.41, 5.74) is 0.933. The molecule has 5 nitrogen and oxygen atoms in total. The Labute approximate surface area is 171 Å². The van der Waals surface area contributed by atoms with Gasteiger partial charge < -0.3 is 13.9 Å². The first-order valence-corrected chi connectivity index (χ1v) is 13.2. The summed E-state index contributed by atoms with van der Waals surface area (Å²) in [6, 6.07) is 7.65. The molecule has 0 radical (unpaired) electrons. The Bertz CT molecular complexity index is 616. The van der Waals surface area contributed by atoms with Crippen molar-refractivity contribution < 1.29 is 18.7 Å². The van der Waals surface area contributed by atoms with Gasteiger partial charge in [-0.1, -0.05) is 32.9 Å². The number of carbonyl (C=O) groups excluding carboxylic acids is 1. The van der Waals surface area contributed by atoms with Crippen molar-refractivity contribution in [2.75, 3.05) is 33.4 Å². The average molecular weight is 408 g/mol. The van der Waals surface area contributed by atoms with Crippen LogP contribution in [-0.4, -0.2) is 58.6 Å². The van der Waals surface area contributed by atoms with E-state index in [-0.39, 0.29) is 11.0 Å². The maximum atomic E-state index is 11.3. The zero-order valence-corrected chi connectivity index (χ0v) is 19.4. The van der Waals surface area contributed by atoms with E-state index in [2.05, 4.69) is 43.5 Å². The lowest BCUT2D eigenvalue weighted by Crippen LogP contribution is -2.47. The number of ether oxygens (including phenoxy) is 2. The third-order valence-corrected chi connectivity index (χ3v) is 10.5. The van der Waals surface area contributed by atoms with E-state index in [0.717, 1.165) is 43.8 Å². The smallest absolute Gasteiger partial charge is 0.309 e. The van der Waals surface area contributed by atoms with Crippen LogP contribution in [0.15, 0.2) is 24.3 Å². The van der Waals surface area contributed by atoms with Crippen LogP contribution in [0.1, 0.15) is 39.2 Å². The second kappa shape index (κ2) is 9.90. The SMILES string of the molecule is COC(=O)Cc1ccc(OCCN2CCC(O[Si](C)(C)C(C)(C)C)CC2)cc1. The van der Waals surface area contributed by atoms with Gasteiger partial charge in [-0.3, -0.25) is 9.69 Å². The van der Waals surface area contributed by atoms with Crippen molar-refractivity contribution in [2.24, 2.45) is 0 Å². The highest BCUT2D eigenvalue weighted by Crippen LogP contribution is 2.38. The fourth-order valence-electron chi connectivity index (χ4n) is 3.08. The number of benzene rings is 1. The third-order valence-electron chi connectivity index (χ3n) is 5.98. The van der Waals surface area contributed by atoms with Gasteiger partial charge in [0.05, 0.1) is 13.5 Å². The Morgan fingerprint density at radius 2 is 1.75 bits per heavy atom. The molecule has 0 saturated carbocycles. The third kappa shape index (κ3) is 6.90. The van der Waals surface area contributed by atoms with Crippen LogP contribution in [0.2, 0.25) is 18.1 Å². The molecule has 1 heterocycles. The van der Waals surface area contributed by atoms with Gasteiger partial charge in [-0.05, 0) is 48.7 Å². The van der Waals surface area contributed by atoms with Crippen LogP contribution >= 0.6 is 0 Å². The van der Waals surface area contributed by atoms with Gasteiger partial charge in [0, 0.05) is 25.7 Å². The summed E-state index contributed by atoms with van der Waals surface area (Å²) >= 11 is 0. The minimum atomic E-state index is -1.67. The Morgan fingerprint density at radius 1 is 1.14 bits per heavy atom. The Balaban J connectivity index is 1.68. The second-order valence-corrected chi connectivity index (χ2v) is 13.9. The number of carbonyl (C=O) groups is 1. The summed E-state index contributed by atoms with van der Waals surface area (Å²) < 4.78 is 17.1. The van der Waals surface area contributed by atoms with Crippen LogP contribution < -0.4 is 4.74 Å². The van der Waals surface area contributed by atoms with E-state index in [0.29, 0.717) is 19.1 Å². The molecule has 158 valence electrons. The number of methoxy groups -OCH3 is 1. The molecule has 2 rings (SSSR count). The number of hydrogen-bond donors (Lipinski definition) is 0. The molecule has 1 aromatic rings. The number of esters is 1. The standard InChI is InChI=1S/C22H37NO4Si/c1-22(2,3)28(5,6)27-20-11-13-23(14-12-20)15-16-26-19-9-7-18(8-10-19)17-21(24)25-4/h7-10,20H,11-17H2,1-6H3. The fraction of sp³-hybridized carbons (Fsp3) is 0.682. The number of nitrogens with zero attached hydrogens (tertiary/aromatic N) is 1. The molecule has 1 saturated heterocycles. The summed E-state index contributed by atoms with van der Waals surface area (Å²) in [4.78, 5) is 13.8. The molecule has 0 N–H and O–H groups in total. The molecule has 0 aliphatic carbocycles. The fourth-order valence-corrected chi connectivity index (χ4v) is 4.50. The Morgan fingerprint density at radius 3 is 2.29 bits per heavy atom. The van der Waals surface area contributed by atoms with Gasteiger partial charge in [-0.2, -0.15) is 0 Å². The largest absolute Gasteiger partial charge is 0.492 e. The summed E-state index contributed by atoms with van der Waals surface area (Å²) in [5, 5.41) is 0.268. The lowest BCUT2D eigenvalue weighted by Gasteiger charge is -2.42. The Hall–Kier alpha value is -1.37. The highest BCUT2D eigenvalue weighted by atomic mass is 28.4. The zero-order valence-electron chi connectivity index (χ0n) is 18.4. The molecular weight excluding hydrogens is 370 g/mol. The molecule has 6 heteroatoms. The van der Waals surface area contributed by atoms with Crippen molar-refractivity contribution in [2.45, 2.75) is 64.3 Å². The molecule has 0 amide bonds. The van der Waals surface area contributed by atoms with Gasteiger partial charge in [0.2, 0.25) is 0 Å². The summed E-state index contributed by atoms with van der Waals surface area (Å²) in [7, 11) is -0.269. The van der Waals surface area contributed by atoms with Crippen molar-refractivity contribution in [1.82, 2.24) is 4.90 Å². The van der Waals surface area contributed by atoms with E-state index in [1.54, 1.807) is 0 Å². The number of hydrogen-bond acceptors (Lipinski definition) is 5. The first kappa shape index (κ1) is 22.9. The molecule has 0 spiro atoms. The lowest BCUT2D eigenvalue weighted by molar-refractivity contribution is -0.139. The number of likely N-dealkylation sites (tertiary alicyclic amines) is 1. The van der Waals surface area contributed by atoms with E-state index >= 15 is 0 Å². The molecular formula is C22H37NO4Si. The van der Waals surface area contributed by atoms with Crippen LogP contribution in [0.4, 0.5) is 0 Å². The highest BCUT2D eigenvalue weighted by Gasteiger charge is 2.39. The van der Waals surface area contributed by atoms with Crippen molar-refractivity contribution in [1.29, 1.82) is 0 Å². The molecule has 1 aliphatic heterocycles. The first-order chi connectivity index (χ1) is 13.1. The topological polar surface area (TPSA) is 48.0 Å². The van der Waals surface area contributed by atoms with Crippen molar-refractivity contribution in [3.63, 3.8) is 0 Å². The van der Waals surface area contributed by atoms with Gasteiger partial charge in [0.1, 0.15) is 12.4 Å². The van der Waals surface area contributed by atoms with Crippen LogP contribution in [0.5, 0.6) is 5.75 Å². The maximum Gasteiger partial charge on any atom is 0.309 e. The minimum Gasteiger partial charge on any atom is -0.492 e. The quantitative estimate of drug-likeness (QED) is 0.476. The normalized spacial score (nSPS) is 16.8. The lowest BCUT2D eigenvalue weighted by atomic mass is 10.1. The molecule has 0 aromatic heterocycles. The van der Waals surface area contributed by atoms with E-state index in [9.17, 15) is 4.79 Å². The van der Waals surface area contributed by atoms with Crippen molar-refractivity contribution in [3.8, 4) is 5.75 Å². The van der Waals surface area contributed by atoms with Gasteiger partial charge >= 0.3 is 5.97 Å². The van der Waals surface area contributed by atoms with E-state index in [4.69, 9.17) is 9.16 Å². The van der Waals surface area contributed by atoms with Crippen LogP contribution in [0.25, 0.3) is 0 Å². The molecule has 0 atom stereocenters. The van der Waals surface area contributed by atoms with Crippen LogP contribution in [0.3, 0.4) is 0 Å². The number of rotatable bonds is 8. The summed E-state index contributed by atoms with van der Waals surface area (Å²) in [6.07, 6.45) is 2.91. The van der Waals surface area contributed by atoms with E-state index < -0.39 is 8.32 Å². The molecule has 1 fully saturated rings.